The van der Waals surface area contributed by atoms with Gasteiger partial charge in [0.25, 0.3) is 0 Å². The zero-order valence-electron chi connectivity index (χ0n) is 9.17. The highest BCUT2D eigenvalue weighted by Gasteiger charge is 1.89. The minimum atomic E-state index is 1.03. The van der Waals surface area contributed by atoms with E-state index in [1.807, 2.05) is 6.08 Å². The van der Waals surface area contributed by atoms with E-state index >= 15 is 0 Å². The first-order valence-electron chi connectivity index (χ1n) is 5.63. The number of hydrogen-bond acceptors (Lipinski definition) is 1. The van der Waals surface area contributed by atoms with Gasteiger partial charge >= 0.3 is 6.41 Å². The molecule has 2 radical (unpaired) electrons. The fourth-order valence-corrected chi connectivity index (χ4v) is 1.38. The summed E-state index contributed by atoms with van der Waals surface area (Å²) < 4.78 is 0. The van der Waals surface area contributed by atoms with Gasteiger partial charge in [-0.3, -0.25) is 4.79 Å². The van der Waals surface area contributed by atoms with Gasteiger partial charge in [0.05, 0.1) is 0 Å². The molecule has 0 saturated heterocycles. The number of rotatable bonds is 10. The molecule has 0 N–H and O–H groups in total. The topological polar surface area (TPSA) is 31.2 Å². The maximum absolute atomic E-state index is 9.70. The van der Waals surface area contributed by atoms with Gasteiger partial charge in [0.1, 0.15) is 0 Å². The van der Waals surface area contributed by atoms with Crippen molar-refractivity contribution in [2.45, 2.75) is 58.3 Å². The molecule has 14 heavy (non-hydrogen) atoms. The Morgan fingerprint density at radius 2 is 1.71 bits per heavy atom. The van der Waals surface area contributed by atoms with Gasteiger partial charge in [0, 0.05) is 6.20 Å². The molecule has 0 aromatic heterocycles. The number of nitrogens with zero attached hydrogens (tertiary/aromatic N) is 1. The SMILES string of the molecule is CCCCCCCCCC=C[N][C]=O. The van der Waals surface area contributed by atoms with Crippen molar-refractivity contribution < 1.29 is 4.79 Å². The van der Waals surface area contributed by atoms with E-state index in [-0.39, 0.29) is 0 Å². The van der Waals surface area contributed by atoms with E-state index in [9.17, 15) is 4.79 Å². The molecule has 0 aliphatic carbocycles. The average Bonchev–Trinajstić information content (AvgIpc) is 2.21. The molecule has 0 rings (SSSR count). The minimum Gasteiger partial charge on any atom is -0.261 e. The van der Waals surface area contributed by atoms with Crippen molar-refractivity contribution in [1.29, 1.82) is 0 Å². The van der Waals surface area contributed by atoms with Gasteiger partial charge in [0.2, 0.25) is 0 Å². The van der Waals surface area contributed by atoms with Gasteiger partial charge in [-0.05, 0) is 12.8 Å². The largest absolute Gasteiger partial charge is 0.337 e. The Morgan fingerprint density at radius 1 is 1.07 bits per heavy atom. The van der Waals surface area contributed by atoms with Crippen molar-refractivity contribution in [2.24, 2.45) is 0 Å². The number of hydrogen-bond donors (Lipinski definition) is 0. The van der Waals surface area contributed by atoms with Crippen molar-refractivity contribution in [3.63, 3.8) is 0 Å². The van der Waals surface area contributed by atoms with E-state index in [0.29, 0.717) is 0 Å². The number of allylic oxidation sites excluding steroid dienone is 1. The Morgan fingerprint density at radius 3 is 2.36 bits per heavy atom. The van der Waals surface area contributed by atoms with Gasteiger partial charge in [-0.1, -0.05) is 51.5 Å². The normalized spacial score (nSPS) is 10.6. The van der Waals surface area contributed by atoms with Crippen LogP contribution >= 0.6 is 0 Å². The van der Waals surface area contributed by atoms with Crippen LogP contribution in [0, 0.1) is 0 Å². The molecule has 2 nitrogen and oxygen atoms in total. The van der Waals surface area contributed by atoms with Crippen LogP contribution in [0.25, 0.3) is 0 Å². The van der Waals surface area contributed by atoms with Gasteiger partial charge < -0.3 is 0 Å². The number of unbranched alkanes of at least 4 members (excludes halogenated alkanes) is 7. The van der Waals surface area contributed by atoms with Gasteiger partial charge in [-0.15, -0.1) is 0 Å². The second-order valence-electron chi connectivity index (χ2n) is 3.52. The van der Waals surface area contributed by atoms with Crippen molar-refractivity contribution in [2.75, 3.05) is 0 Å². The van der Waals surface area contributed by atoms with Gasteiger partial charge in [-0.2, -0.15) is 0 Å². The first-order chi connectivity index (χ1) is 6.91. The Hall–Kier alpha value is -0.790. The lowest BCUT2D eigenvalue weighted by Crippen LogP contribution is -1.87. The molecule has 0 spiro atoms. The predicted molar refractivity (Wildman–Crippen MR) is 59.6 cm³/mol. The molecule has 80 valence electrons. The van der Waals surface area contributed by atoms with Crippen LogP contribution in [0.5, 0.6) is 0 Å². The van der Waals surface area contributed by atoms with Crippen LogP contribution in [0.2, 0.25) is 0 Å². The van der Waals surface area contributed by atoms with E-state index in [1.165, 1.54) is 57.6 Å². The average molecular weight is 195 g/mol. The highest BCUT2D eigenvalue weighted by Crippen LogP contribution is 2.08. The lowest BCUT2D eigenvalue weighted by molar-refractivity contribution is 0.549. The molecule has 2 heteroatoms. The highest BCUT2D eigenvalue weighted by molar-refractivity contribution is 5.48. The van der Waals surface area contributed by atoms with Crippen LogP contribution in [0.3, 0.4) is 0 Å². The van der Waals surface area contributed by atoms with Crippen LogP contribution in [0.1, 0.15) is 58.3 Å². The zero-order chi connectivity index (χ0) is 10.5. The molecule has 0 heterocycles. The monoisotopic (exact) mass is 195 g/mol. The molecule has 1 amide bonds. The Kier molecular flexibility index (Phi) is 11.5. The van der Waals surface area contributed by atoms with E-state index in [0.717, 1.165) is 6.42 Å². The van der Waals surface area contributed by atoms with E-state index in [4.69, 9.17) is 0 Å². The molecule has 0 aliphatic heterocycles. The summed E-state index contributed by atoms with van der Waals surface area (Å²) in [6.45, 7) is 2.23. The summed E-state index contributed by atoms with van der Waals surface area (Å²) in [5.41, 5.74) is 0. The van der Waals surface area contributed by atoms with Crippen molar-refractivity contribution in [1.82, 2.24) is 5.32 Å². The highest BCUT2D eigenvalue weighted by atomic mass is 16.1. The first kappa shape index (κ1) is 13.2. The van der Waals surface area contributed by atoms with Crippen LogP contribution in [-0.2, 0) is 4.79 Å². The second kappa shape index (κ2) is 12.2. The van der Waals surface area contributed by atoms with E-state index in [1.54, 1.807) is 0 Å². The van der Waals surface area contributed by atoms with E-state index in [2.05, 4.69) is 12.2 Å². The van der Waals surface area contributed by atoms with Crippen LogP contribution < -0.4 is 5.32 Å². The zero-order valence-corrected chi connectivity index (χ0v) is 9.17. The van der Waals surface area contributed by atoms with Crippen LogP contribution in [-0.4, -0.2) is 6.41 Å². The summed E-state index contributed by atoms with van der Waals surface area (Å²) >= 11 is 0. The molecule has 0 fully saturated rings. The van der Waals surface area contributed by atoms with Crippen LogP contribution in [0.4, 0.5) is 0 Å². The van der Waals surface area contributed by atoms with Gasteiger partial charge in [0.15, 0.2) is 0 Å². The van der Waals surface area contributed by atoms with Crippen molar-refractivity contribution in [3.8, 4) is 0 Å². The Balaban J connectivity index is 2.95. The Bertz CT molecular complexity index is 143. The quantitative estimate of drug-likeness (QED) is 0.492. The third-order valence-corrected chi connectivity index (χ3v) is 2.21. The minimum absolute atomic E-state index is 1.03. The van der Waals surface area contributed by atoms with Gasteiger partial charge in [-0.25, -0.2) is 5.32 Å². The number of carbonyl (C=O) groups excluding carboxylic acids is 1. The molecule has 0 atom stereocenters. The van der Waals surface area contributed by atoms with E-state index < -0.39 is 0 Å². The lowest BCUT2D eigenvalue weighted by Gasteiger charge is -1.98. The third kappa shape index (κ3) is 11.2. The molecule has 0 unspecified atom stereocenters. The Labute approximate surface area is 87.8 Å². The van der Waals surface area contributed by atoms with Crippen molar-refractivity contribution in [3.05, 3.63) is 12.3 Å². The smallest absolute Gasteiger partial charge is 0.261 e. The third-order valence-electron chi connectivity index (χ3n) is 2.21. The molecular weight excluding hydrogens is 174 g/mol. The molecule has 0 saturated carbocycles. The summed E-state index contributed by atoms with van der Waals surface area (Å²) in [5, 5.41) is 3.34. The molecule has 0 aliphatic rings. The lowest BCUT2D eigenvalue weighted by atomic mass is 10.1. The number of amides is 1. The predicted octanol–water partition coefficient (Wildman–Crippen LogP) is 3.31. The molecule has 0 aromatic carbocycles. The summed E-state index contributed by atoms with van der Waals surface area (Å²) in [7, 11) is 0. The fraction of sp³-hybridized carbons (Fsp3) is 0.750. The van der Waals surface area contributed by atoms with Crippen LogP contribution in [0.15, 0.2) is 12.3 Å². The molecule has 0 aromatic rings. The van der Waals surface area contributed by atoms with Crippen molar-refractivity contribution >= 4 is 6.41 Å². The second-order valence-corrected chi connectivity index (χ2v) is 3.52. The summed E-state index contributed by atoms with van der Waals surface area (Å²) in [5.74, 6) is 0. The molecular formula is C12H21NO. The summed E-state index contributed by atoms with van der Waals surface area (Å²) in [6, 6.07) is 0. The maximum atomic E-state index is 9.70. The molecule has 0 bridgehead atoms. The summed E-state index contributed by atoms with van der Waals surface area (Å²) in [6.07, 6.45) is 15.2. The first-order valence-corrected chi connectivity index (χ1v) is 5.63. The fourth-order valence-electron chi connectivity index (χ4n) is 1.38. The standard InChI is InChI=1S/C12H21NO/c1-2-3-4-5-6-7-8-9-10-11-13-12-14/h10-11H,2-9H2,1H3. The maximum Gasteiger partial charge on any atom is 0.337 e. The summed E-state index contributed by atoms with van der Waals surface area (Å²) in [4.78, 5) is 9.70.